The Morgan fingerprint density at radius 3 is 2.21 bits per heavy atom. The molecule has 0 unspecified atom stereocenters. The minimum Gasteiger partial charge on any atom is -0.455 e. The first-order valence-corrected chi connectivity index (χ1v) is 11.9. The third-order valence-electron chi connectivity index (χ3n) is 5.15. The second-order valence-corrected chi connectivity index (χ2v) is 9.52. The van der Waals surface area contributed by atoms with Crippen LogP contribution in [0.4, 0.5) is 14.5 Å². The number of nitrogens with one attached hydrogen (secondary N) is 1. The Morgan fingerprint density at radius 2 is 1.56 bits per heavy atom. The van der Waals surface area contributed by atoms with Crippen molar-refractivity contribution in [3.63, 3.8) is 0 Å². The van der Waals surface area contributed by atoms with Crippen LogP contribution < -0.4 is 10.1 Å². The molecule has 1 aliphatic rings. The van der Waals surface area contributed by atoms with Crippen LogP contribution in [0, 0.1) is 11.6 Å². The molecule has 1 heterocycles. The SMILES string of the molecule is O=C(Cc1ccc(F)cc1)Nc1cc(S(=O)(=O)N2CCOCC2)ccc1Oc1ccc(F)cc1. The molecule has 1 N–H and O–H groups in total. The maximum Gasteiger partial charge on any atom is 0.243 e. The van der Waals surface area contributed by atoms with E-state index in [0.29, 0.717) is 24.5 Å². The molecule has 10 heteroatoms. The van der Waals surface area contributed by atoms with E-state index in [1.54, 1.807) is 0 Å². The van der Waals surface area contributed by atoms with Crippen LogP contribution in [0.2, 0.25) is 0 Å². The Balaban J connectivity index is 1.62. The molecule has 7 nitrogen and oxygen atoms in total. The first kappa shape index (κ1) is 23.8. The van der Waals surface area contributed by atoms with Crippen LogP contribution in [-0.4, -0.2) is 44.9 Å². The van der Waals surface area contributed by atoms with Gasteiger partial charge in [-0.1, -0.05) is 12.1 Å². The highest BCUT2D eigenvalue weighted by molar-refractivity contribution is 7.89. The van der Waals surface area contributed by atoms with Gasteiger partial charge in [0.05, 0.1) is 30.2 Å². The van der Waals surface area contributed by atoms with E-state index in [9.17, 15) is 22.0 Å². The number of rotatable bonds is 7. The topological polar surface area (TPSA) is 84.9 Å². The number of hydrogen-bond donors (Lipinski definition) is 1. The molecule has 0 atom stereocenters. The fraction of sp³-hybridized carbons (Fsp3) is 0.208. The van der Waals surface area contributed by atoms with Crippen LogP contribution in [0.3, 0.4) is 0 Å². The fourth-order valence-electron chi connectivity index (χ4n) is 3.40. The van der Waals surface area contributed by atoms with E-state index in [1.807, 2.05) is 0 Å². The highest BCUT2D eigenvalue weighted by atomic mass is 32.2. The minimum atomic E-state index is -3.82. The van der Waals surface area contributed by atoms with E-state index in [2.05, 4.69) is 5.32 Å². The maximum atomic E-state index is 13.3. The van der Waals surface area contributed by atoms with Gasteiger partial charge in [0.2, 0.25) is 15.9 Å². The monoisotopic (exact) mass is 488 g/mol. The van der Waals surface area contributed by atoms with Crippen molar-refractivity contribution >= 4 is 21.6 Å². The molecule has 0 aromatic heterocycles. The molecule has 0 radical (unpaired) electrons. The number of benzene rings is 3. The van der Waals surface area contributed by atoms with E-state index < -0.39 is 27.6 Å². The molecular weight excluding hydrogens is 466 g/mol. The van der Waals surface area contributed by atoms with Crippen molar-refractivity contribution < 1.29 is 31.5 Å². The maximum absolute atomic E-state index is 13.3. The minimum absolute atomic E-state index is 0.0158. The molecule has 34 heavy (non-hydrogen) atoms. The Hall–Kier alpha value is -3.34. The molecule has 1 aliphatic heterocycles. The van der Waals surface area contributed by atoms with Gasteiger partial charge in [0.1, 0.15) is 17.4 Å². The van der Waals surface area contributed by atoms with Gasteiger partial charge in [-0.3, -0.25) is 4.79 Å². The molecule has 1 amide bonds. The highest BCUT2D eigenvalue weighted by Gasteiger charge is 2.27. The zero-order valence-electron chi connectivity index (χ0n) is 18.0. The normalized spacial score (nSPS) is 14.5. The number of halogens is 2. The van der Waals surface area contributed by atoms with E-state index in [-0.39, 0.29) is 35.8 Å². The summed E-state index contributed by atoms with van der Waals surface area (Å²) in [5.41, 5.74) is 0.711. The average molecular weight is 489 g/mol. The lowest BCUT2D eigenvalue weighted by Gasteiger charge is -2.26. The summed E-state index contributed by atoms with van der Waals surface area (Å²) in [4.78, 5) is 12.7. The van der Waals surface area contributed by atoms with Gasteiger partial charge < -0.3 is 14.8 Å². The Morgan fingerprint density at radius 1 is 0.941 bits per heavy atom. The number of sulfonamides is 1. The zero-order chi connectivity index (χ0) is 24.1. The largest absolute Gasteiger partial charge is 0.455 e. The number of ether oxygens (including phenoxy) is 2. The number of hydrogen-bond acceptors (Lipinski definition) is 5. The first-order valence-electron chi connectivity index (χ1n) is 10.5. The first-order chi connectivity index (χ1) is 16.3. The molecule has 178 valence electrons. The second-order valence-electron chi connectivity index (χ2n) is 7.58. The summed E-state index contributed by atoms with van der Waals surface area (Å²) < 4.78 is 64.9. The van der Waals surface area contributed by atoms with Crippen molar-refractivity contribution in [3.05, 3.63) is 83.9 Å². The summed E-state index contributed by atoms with van der Waals surface area (Å²) in [5.74, 6) is -0.817. The molecule has 3 aromatic rings. The van der Waals surface area contributed by atoms with Crippen molar-refractivity contribution in [3.8, 4) is 11.5 Å². The summed E-state index contributed by atoms with van der Waals surface area (Å²) in [7, 11) is -3.82. The van der Waals surface area contributed by atoms with Gasteiger partial charge in [-0.15, -0.1) is 0 Å². The predicted molar refractivity (Wildman–Crippen MR) is 121 cm³/mol. The van der Waals surface area contributed by atoms with Gasteiger partial charge in [0.25, 0.3) is 0 Å². The Bertz CT molecular complexity index is 1260. The van der Waals surface area contributed by atoms with Crippen molar-refractivity contribution in [1.82, 2.24) is 4.31 Å². The summed E-state index contributed by atoms with van der Waals surface area (Å²) in [6.07, 6.45) is -0.0588. The zero-order valence-corrected chi connectivity index (χ0v) is 18.9. The van der Waals surface area contributed by atoms with Crippen LogP contribution in [0.1, 0.15) is 5.56 Å². The summed E-state index contributed by atoms with van der Waals surface area (Å²) in [6.45, 7) is 1.04. The molecule has 0 aliphatic carbocycles. The molecule has 4 rings (SSSR count). The molecule has 1 fully saturated rings. The third-order valence-corrected chi connectivity index (χ3v) is 7.05. The molecular formula is C24H22F2N2O5S. The second kappa shape index (κ2) is 10.3. The predicted octanol–water partition coefficient (Wildman–Crippen LogP) is 3.96. The van der Waals surface area contributed by atoms with Crippen LogP contribution in [0.25, 0.3) is 0 Å². The van der Waals surface area contributed by atoms with Crippen LogP contribution in [-0.2, 0) is 26.0 Å². The standard InChI is InChI=1S/C24H22F2N2O5S/c25-18-3-1-17(2-4-18)15-24(29)27-22-16-21(34(30,31)28-11-13-32-14-12-28)9-10-23(22)33-20-7-5-19(26)6-8-20/h1-10,16H,11-15H2,(H,27,29). The molecule has 0 saturated carbocycles. The molecule has 1 saturated heterocycles. The van der Waals surface area contributed by atoms with Gasteiger partial charge in [-0.25, -0.2) is 17.2 Å². The number of carbonyl (C=O) groups excluding carboxylic acids is 1. The third kappa shape index (κ3) is 5.77. The Labute approximate surface area is 196 Å². The van der Waals surface area contributed by atoms with Crippen LogP contribution in [0.5, 0.6) is 11.5 Å². The van der Waals surface area contributed by atoms with Crippen molar-refractivity contribution in [1.29, 1.82) is 0 Å². The Kier molecular flexibility index (Phi) is 7.20. The van der Waals surface area contributed by atoms with Gasteiger partial charge in [0.15, 0.2) is 5.75 Å². The van der Waals surface area contributed by atoms with Gasteiger partial charge in [-0.2, -0.15) is 4.31 Å². The van der Waals surface area contributed by atoms with Gasteiger partial charge >= 0.3 is 0 Å². The van der Waals surface area contributed by atoms with E-state index in [4.69, 9.17) is 9.47 Å². The number of carbonyl (C=O) groups is 1. The summed E-state index contributed by atoms with van der Waals surface area (Å²) in [5, 5.41) is 2.68. The average Bonchev–Trinajstić information content (AvgIpc) is 2.83. The molecule has 0 bridgehead atoms. The van der Waals surface area contributed by atoms with Crippen molar-refractivity contribution in [2.75, 3.05) is 31.6 Å². The van der Waals surface area contributed by atoms with Gasteiger partial charge in [-0.05, 0) is 60.2 Å². The van der Waals surface area contributed by atoms with E-state index >= 15 is 0 Å². The number of anilines is 1. The lowest BCUT2D eigenvalue weighted by atomic mass is 10.1. The molecule has 3 aromatic carbocycles. The number of amides is 1. The molecule has 0 spiro atoms. The van der Waals surface area contributed by atoms with Crippen LogP contribution >= 0.6 is 0 Å². The highest BCUT2D eigenvalue weighted by Crippen LogP contribution is 2.33. The number of nitrogens with zero attached hydrogens (tertiary/aromatic N) is 1. The van der Waals surface area contributed by atoms with Crippen molar-refractivity contribution in [2.45, 2.75) is 11.3 Å². The fourth-order valence-corrected chi connectivity index (χ4v) is 4.84. The summed E-state index contributed by atoms with van der Waals surface area (Å²) in [6, 6.07) is 14.9. The van der Waals surface area contributed by atoms with E-state index in [0.717, 1.165) is 0 Å². The van der Waals surface area contributed by atoms with E-state index in [1.165, 1.54) is 71.0 Å². The quantitative estimate of drug-likeness (QED) is 0.544. The van der Waals surface area contributed by atoms with Crippen molar-refractivity contribution in [2.24, 2.45) is 0 Å². The van der Waals surface area contributed by atoms with Crippen LogP contribution in [0.15, 0.2) is 71.6 Å². The number of morpholine rings is 1. The smallest absolute Gasteiger partial charge is 0.243 e. The lowest BCUT2D eigenvalue weighted by Crippen LogP contribution is -2.40. The van der Waals surface area contributed by atoms with Gasteiger partial charge in [0, 0.05) is 13.1 Å². The summed E-state index contributed by atoms with van der Waals surface area (Å²) >= 11 is 0. The lowest BCUT2D eigenvalue weighted by molar-refractivity contribution is -0.115.